The summed E-state index contributed by atoms with van der Waals surface area (Å²) in [6, 6.07) is 5.18. The van der Waals surface area contributed by atoms with Crippen molar-refractivity contribution in [3.05, 3.63) is 29.8 Å². The zero-order chi connectivity index (χ0) is 14.9. The highest BCUT2D eigenvalue weighted by Gasteiger charge is 2.44. The van der Waals surface area contributed by atoms with E-state index < -0.39 is 22.0 Å². The topological polar surface area (TPSA) is 80.8 Å². The van der Waals surface area contributed by atoms with E-state index in [0.717, 1.165) is 9.87 Å². The smallest absolute Gasteiger partial charge is 0.324 e. The van der Waals surface area contributed by atoms with Crippen molar-refractivity contribution in [1.82, 2.24) is 4.31 Å². The van der Waals surface area contributed by atoms with Crippen molar-refractivity contribution in [3.8, 4) is 0 Å². The molecule has 0 radical (unpaired) electrons. The Balaban J connectivity index is 2.39. The van der Waals surface area contributed by atoms with Crippen LogP contribution < -0.4 is 0 Å². The van der Waals surface area contributed by atoms with E-state index in [2.05, 4.69) is 4.74 Å². The van der Waals surface area contributed by atoms with Crippen molar-refractivity contribution >= 4 is 21.8 Å². The number of carbonyl (C=O) groups is 2. The molecule has 1 aromatic rings. The second-order valence-electron chi connectivity index (χ2n) is 4.65. The Labute approximate surface area is 117 Å². The predicted molar refractivity (Wildman–Crippen MR) is 70.5 cm³/mol. The Morgan fingerprint density at radius 3 is 2.45 bits per heavy atom. The molecule has 0 amide bonds. The van der Waals surface area contributed by atoms with Crippen LogP contribution in [0.25, 0.3) is 0 Å². The third-order valence-corrected chi connectivity index (χ3v) is 5.07. The van der Waals surface area contributed by atoms with E-state index in [0.29, 0.717) is 0 Å². The maximum Gasteiger partial charge on any atom is 0.324 e. The lowest BCUT2D eigenvalue weighted by Crippen LogP contribution is -2.41. The van der Waals surface area contributed by atoms with E-state index >= 15 is 0 Å². The fraction of sp³-hybridized carbons (Fsp3) is 0.385. The molecule has 6 nitrogen and oxygen atoms in total. The van der Waals surface area contributed by atoms with Gasteiger partial charge in [-0.2, -0.15) is 4.31 Å². The minimum Gasteiger partial charge on any atom is -0.468 e. The Hall–Kier alpha value is -1.73. The van der Waals surface area contributed by atoms with Gasteiger partial charge in [-0.25, -0.2) is 8.42 Å². The molecule has 108 valence electrons. The average molecular weight is 297 g/mol. The molecule has 1 saturated heterocycles. The van der Waals surface area contributed by atoms with Crippen LogP contribution in [0.4, 0.5) is 0 Å². The maximum absolute atomic E-state index is 12.5. The number of hydrogen-bond donors (Lipinski definition) is 0. The third kappa shape index (κ3) is 2.59. The number of ether oxygens (including phenoxy) is 1. The Bertz CT molecular complexity index is 635. The van der Waals surface area contributed by atoms with E-state index in [1.54, 1.807) is 12.1 Å². The summed E-state index contributed by atoms with van der Waals surface area (Å²) in [7, 11) is -2.71. The van der Waals surface area contributed by atoms with Gasteiger partial charge in [-0.05, 0) is 19.1 Å². The minimum absolute atomic E-state index is 0.0618. The zero-order valence-corrected chi connectivity index (χ0v) is 12.0. The monoisotopic (exact) mass is 297 g/mol. The van der Waals surface area contributed by atoms with Gasteiger partial charge in [0.05, 0.1) is 18.6 Å². The van der Waals surface area contributed by atoms with Crippen molar-refractivity contribution in [2.45, 2.75) is 24.3 Å². The van der Waals surface area contributed by atoms with E-state index in [1.807, 2.05) is 6.92 Å². The van der Waals surface area contributed by atoms with Gasteiger partial charge in [-0.15, -0.1) is 0 Å². The van der Waals surface area contributed by atoms with Crippen LogP contribution in [0.15, 0.2) is 29.2 Å². The second kappa shape index (κ2) is 5.34. The predicted octanol–water partition coefficient (Wildman–Crippen LogP) is 0.500. The second-order valence-corrected chi connectivity index (χ2v) is 6.54. The summed E-state index contributed by atoms with van der Waals surface area (Å²) >= 11 is 0. The Kier molecular flexibility index (Phi) is 3.92. The molecule has 1 aromatic carbocycles. The number of benzene rings is 1. The summed E-state index contributed by atoms with van der Waals surface area (Å²) in [5, 5.41) is 0. The number of sulfonamides is 1. The van der Waals surface area contributed by atoms with Crippen LogP contribution in [0.2, 0.25) is 0 Å². The molecule has 0 N–H and O–H groups in total. The summed E-state index contributed by atoms with van der Waals surface area (Å²) in [5.41, 5.74) is 0.922. The van der Waals surface area contributed by atoms with Crippen LogP contribution in [0, 0.1) is 6.92 Å². The first-order valence-electron chi connectivity index (χ1n) is 6.04. The van der Waals surface area contributed by atoms with Crippen LogP contribution >= 0.6 is 0 Å². The zero-order valence-electron chi connectivity index (χ0n) is 11.2. The highest BCUT2D eigenvalue weighted by atomic mass is 32.2. The first kappa shape index (κ1) is 14.7. The summed E-state index contributed by atoms with van der Waals surface area (Å²) in [5.74, 6) is -1.01. The van der Waals surface area contributed by atoms with E-state index in [1.165, 1.54) is 19.2 Å². The summed E-state index contributed by atoms with van der Waals surface area (Å²) < 4.78 is 30.5. The molecule has 20 heavy (non-hydrogen) atoms. The van der Waals surface area contributed by atoms with Gasteiger partial charge in [0.2, 0.25) is 10.0 Å². The van der Waals surface area contributed by atoms with Crippen molar-refractivity contribution in [2.24, 2.45) is 0 Å². The number of hydrogen-bond acceptors (Lipinski definition) is 5. The lowest BCUT2D eigenvalue weighted by molar-refractivity contribution is -0.144. The quantitative estimate of drug-likeness (QED) is 0.759. The number of methoxy groups -OCH3 is 1. The third-order valence-electron chi connectivity index (χ3n) is 3.20. The normalized spacial score (nSPS) is 20.1. The molecule has 0 aliphatic carbocycles. The van der Waals surface area contributed by atoms with Crippen molar-refractivity contribution in [1.29, 1.82) is 0 Å². The molecular weight excluding hydrogens is 282 g/mol. The summed E-state index contributed by atoms with van der Waals surface area (Å²) in [6.07, 6.45) is -0.141. The van der Waals surface area contributed by atoms with Crippen molar-refractivity contribution < 1.29 is 22.7 Å². The average Bonchev–Trinajstić information content (AvgIpc) is 2.81. The Morgan fingerprint density at radius 1 is 1.30 bits per heavy atom. The number of carbonyl (C=O) groups excluding carboxylic acids is 2. The van der Waals surface area contributed by atoms with Gasteiger partial charge in [0.1, 0.15) is 11.8 Å². The molecule has 1 heterocycles. The van der Waals surface area contributed by atoms with Crippen LogP contribution in [0.1, 0.15) is 12.0 Å². The fourth-order valence-electron chi connectivity index (χ4n) is 2.10. The number of esters is 1. The molecule has 0 saturated carbocycles. The Morgan fingerprint density at radius 2 is 1.90 bits per heavy atom. The SMILES string of the molecule is COC(=O)[C@@H]1CC(=O)CN1S(=O)(=O)c1ccc(C)cc1. The molecule has 0 aromatic heterocycles. The first-order valence-corrected chi connectivity index (χ1v) is 7.48. The number of nitrogens with zero attached hydrogens (tertiary/aromatic N) is 1. The van der Waals surface area contributed by atoms with Crippen LogP contribution in [-0.4, -0.2) is 44.2 Å². The lowest BCUT2D eigenvalue weighted by atomic mass is 10.2. The fourth-order valence-corrected chi connectivity index (χ4v) is 3.66. The molecule has 1 aliphatic rings. The van der Waals surface area contributed by atoms with Crippen LogP contribution in [0.5, 0.6) is 0 Å². The number of rotatable bonds is 3. The number of aryl methyl sites for hydroxylation is 1. The van der Waals surface area contributed by atoms with Gasteiger partial charge in [0, 0.05) is 6.42 Å². The van der Waals surface area contributed by atoms with Crippen molar-refractivity contribution in [3.63, 3.8) is 0 Å². The van der Waals surface area contributed by atoms with Crippen molar-refractivity contribution in [2.75, 3.05) is 13.7 Å². The standard InChI is InChI=1S/C13H15NO5S/c1-9-3-5-11(6-4-9)20(17,18)14-8-10(15)7-12(14)13(16)19-2/h3-6,12H,7-8H2,1-2H3/t12-/m0/s1. The summed E-state index contributed by atoms with van der Waals surface area (Å²) in [6.45, 7) is 1.54. The van der Waals surface area contributed by atoms with Gasteiger partial charge in [-0.3, -0.25) is 9.59 Å². The molecule has 1 fully saturated rings. The lowest BCUT2D eigenvalue weighted by Gasteiger charge is -2.21. The maximum atomic E-state index is 12.5. The number of ketones is 1. The van der Waals surface area contributed by atoms with Gasteiger partial charge in [0.15, 0.2) is 0 Å². The van der Waals surface area contributed by atoms with Crippen LogP contribution in [0.3, 0.4) is 0 Å². The molecule has 0 spiro atoms. The van der Waals surface area contributed by atoms with Gasteiger partial charge >= 0.3 is 5.97 Å². The van der Waals surface area contributed by atoms with E-state index in [-0.39, 0.29) is 23.6 Å². The molecule has 0 unspecified atom stereocenters. The molecule has 2 rings (SSSR count). The largest absolute Gasteiger partial charge is 0.468 e. The highest BCUT2D eigenvalue weighted by molar-refractivity contribution is 7.89. The van der Waals surface area contributed by atoms with Gasteiger partial charge < -0.3 is 4.74 Å². The first-order chi connectivity index (χ1) is 9.36. The molecule has 1 atom stereocenters. The molecule has 7 heteroatoms. The van der Waals surface area contributed by atoms with E-state index in [9.17, 15) is 18.0 Å². The molecule has 0 bridgehead atoms. The molecule has 1 aliphatic heterocycles. The van der Waals surface area contributed by atoms with E-state index in [4.69, 9.17) is 0 Å². The van der Waals surface area contributed by atoms with Gasteiger partial charge in [0.25, 0.3) is 0 Å². The van der Waals surface area contributed by atoms with Gasteiger partial charge in [-0.1, -0.05) is 17.7 Å². The summed E-state index contributed by atoms with van der Waals surface area (Å²) in [4.78, 5) is 23.2. The number of Topliss-reactive ketones (excluding diaryl/α,β-unsaturated/α-hetero) is 1. The molecular formula is C13H15NO5S. The highest BCUT2D eigenvalue weighted by Crippen LogP contribution is 2.25. The van der Waals surface area contributed by atoms with Crippen LogP contribution in [-0.2, 0) is 24.3 Å². The minimum atomic E-state index is -3.88.